The number of ether oxygens (including phenoxy) is 1. The van der Waals surface area contributed by atoms with Crippen molar-refractivity contribution in [3.63, 3.8) is 0 Å². The van der Waals surface area contributed by atoms with Gasteiger partial charge in [-0.15, -0.1) is 0 Å². The van der Waals surface area contributed by atoms with Crippen molar-refractivity contribution in [3.8, 4) is 5.69 Å². The maximum atomic E-state index is 13.0. The van der Waals surface area contributed by atoms with Gasteiger partial charge in [0.05, 0.1) is 29.1 Å². The van der Waals surface area contributed by atoms with Crippen molar-refractivity contribution in [1.82, 2.24) is 14.5 Å². The van der Waals surface area contributed by atoms with Crippen molar-refractivity contribution in [3.05, 3.63) is 69.2 Å². The number of amides is 1. The maximum Gasteiger partial charge on any atom is 0.310 e. The number of carbonyl (C=O) groups is 2. The summed E-state index contributed by atoms with van der Waals surface area (Å²) in [6.45, 7) is 3.07. The van der Waals surface area contributed by atoms with E-state index in [9.17, 15) is 14.4 Å². The second-order valence-electron chi connectivity index (χ2n) is 7.51. The number of aromatic nitrogens is 2. The summed E-state index contributed by atoms with van der Waals surface area (Å²) >= 11 is 5.38. The zero-order chi connectivity index (χ0) is 22.0. The van der Waals surface area contributed by atoms with E-state index in [1.165, 1.54) is 4.57 Å². The van der Waals surface area contributed by atoms with E-state index in [2.05, 4.69) is 4.98 Å². The molecule has 2 heterocycles. The Kier molecular flexibility index (Phi) is 5.99. The van der Waals surface area contributed by atoms with Gasteiger partial charge in [0.1, 0.15) is 0 Å². The number of piperidine rings is 1. The van der Waals surface area contributed by atoms with Crippen LogP contribution in [0.5, 0.6) is 0 Å². The summed E-state index contributed by atoms with van der Waals surface area (Å²) in [5, 5.41) is 0.537. The van der Waals surface area contributed by atoms with Crippen molar-refractivity contribution in [1.29, 1.82) is 0 Å². The largest absolute Gasteiger partial charge is 0.466 e. The molecule has 7 nitrogen and oxygen atoms in total. The van der Waals surface area contributed by atoms with Crippen LogP contribution in [0.2, 0.25) is 0 Å². The third-order valence-electron chi connectivity index (χ3n) is 5.51. The van der Waals surface area contributed by atoms with E-state index in [0.29, 0.717) is 41.9 Å². The third-order valence-corrected chi connectivity index (χ3v) is 5.79. The fourth-order valence-electron chi connectivity index (χ4n) is 3.95. The predicted octanol–water partition coefficient (Wildman–Crippen LogP) is 3.46. The van der Waals surface area contributed by atoms with E-state index >= 15 is 0 Å². The lowest BCUT2D eigenvalue weighted by Crippen LogP contribution is -2.42. The molecule has 0 bridgehead atoms. The van der Waals surface area contributed by atoms with Gasteiger partial charge in [0, 0.05) is 18.7 Å². The van der Waals surface area contributed by atoms with Crippen molar-refractivity contribution in [2.24, 2.45) is 5.92 Å². The van der Waals surface area contributed by atoms with Gasteiger partial charge in [-0.05, 0) is 68.4 Å². The summed E-state index contributed by atoms with van der Waals surface area (Å²) in [5.41, 5.74) is 1.54. The number of hydrogen-bond donors (Lipinski definition) is 1. The molecule has 1 aromatic heterocycles. The summed E-state index contributed by atoms with van der Waals surface area (Å²) in [6.07, 6.45) is 1.49. The summed E-state index contributed by atoms with van der Waals surface area (Å²) in [7, 11) is 0. The van der Waals surface area contributed by atoms with E-state index in [1.54, 1.807) is 54.3 Å². The number of esters is 1. The second kappa shape index (κ2) is 8.85. The summed E-state index contributed by atoms with van der Waals surface area (Å²) in [5.74, 6) is -0.678. The third kappa shape index (κ3) is 4.16. The van der Waals surface area contributed by atoms with Gasteiger partial charge in [-0.1, -0.05) is 12.1 Å². The van der Waals surface area contributed by atoms with Crippen LogP contribution in [0, 0.1) is 10.7 Å². The highest BCUT2D eigenvalue weighted by Crippen LogP contribution is 2.21. The number of benzene rings is 2. The van der Waals surface area contributed by atoms with E-state index in [4.69, 9.17) is 17.0 Å². The van der Waals surface area contributed by atoms with Crippen LogP contribution >= 0.6 is 12.2 Å². The van der Waals surface area contributed by atoms with Crippen molar-refractivity contribution in [2.75, 3.05) is 19.7 Å². The standard InChI is InChI=1S/C23H23N3O4S/c1-2-30-22(29)16-6-5-13-25(14-16)20(27)15-9-11-17(12-10-15)26-21(28)18-7-3-4-8-19(18)24-23(26)31/h3-4,7-12,16H,2,5-6,13-14H2,1H3,(H,24,31)/t16-/m0/s1. The molecule has 3 aromatic rings. The SMILES string of the molecule is CCOC(=O)[C@H]1CCCN(C(=O)c2ccc(-n3c(=S)[nH]c4ccccc4c3=O)cc2)C1. The molecule has 1 saturated heterocycles. The number of fused-ring (bicyclic) bond motifs is 1. The Bertz CT molecular complexity index is 1250. The van der Waals surface area contributed by atoms with Crippen molar-refractivity contribution in [2.45, 2.75) is 19.8 Å². The van der Waals surface area contributed by atoms with Crippen LogP contribution in [0.3, 0.4) is 0 Å². The van der Waals surface area contributed by atoms with Gasteiger partial charge in [-0.3, -0.25) is 19.0 Å². The van der Waals surface area contributed by atoms with Crippen LogP contribution in [0.15, 0.2) is 53.3 Å². The van der Waals surface area contributed by atoms with Gasteiger partial charge in [0.15, 0.2) is 4.77 Å². The highest BCUT2D eigenvalue weighted by Gasteiger charge is 2.29. The van der Waals surface area contributed by atoms with Crippen molar-refractivity contribution >= 4 is 35.0 Å². The molecule has 0 radical (unpaired) electrons. The first-order chi connectivity index (χ1) is 15.0. The number of para-hydroxylation sites is 1. The lowest BCUT2D eigenvalue weighted by atomic mass is 9.97. The lowest BCUT2D eigenvalue weighted by Gasteiger charge is -2.31. The van der Waals surface area contributed by atoms with Gasteiger partial charge in [-0.25, -0.2) is 0 Å². The highest BCUT2D eigenvalue weighted by atomic mass is 32.1. The Morgan fingerprint density at radius 1 is 1.16 bits per heavy atom. The first-order valence-corrected chi connectivity index (χ1v) is 10.7. The van der Waals surface area contributed by atoms with Gasteiger partial charge < -0.3 is 14.6 Å². The number of nitrogens with one attached hydrogen (secondary N) is 1. The lowest BCUT2D eigenvalue weighted by molar-refractivity contribution is -0.149. The zero-order valence-corrected chi connectivity index (χ0v) is 18.0. The molecule has 31 heavy (non-hydrogen) atoms. The second-order valence-corrected chi connectivity index (χ2v) is 7.89. The Morgan fingerprint density at radius 2 is 1.90 bits per heavy atom. The molecule has 1 aliphatic heterocycles. The summed E-state index contributed by atoms with van der Waals surface area (Å²) < 4.78 is 6.82. The Labute approximate surface area is 184 Å². The molecule has 1 aliphatic rings. The van der Waals surface area contributed by atoms with Gasteiger partial charge >= 0.3 is 5.97 Å². The molecule has 4 rings (SSSR count). The highest BCUT2D eigenvalue weighted by molar-refractivity contribution is 7.71. The molecule has 8 heteroatoms. The number of nitrogens with zero attached hydrogens (tertiary/aromatic N) is 2. The van der Waals surface area contributed by atoms with Gasteiger partial charge in [-0.2, -0.15) is 0 Å². The molecule has 0 saturated carbocycles. The van der Waals surface area contributed by atoms with E-state index in [0.717, 1.165) is 12.8 Å². The molecule has 1 N–H and O–H groups in total. The molecule has 1 atom stereocenters. The van der Waals surface area contributed by atoms with Crippen LogP contribution in [0.25, 0.3) is 16.6 Å². The fourth-order valence-corrected chi connectivity index (χ4v) is 4.24. The predicted molar refractivity (Wildman–Crippen MR) is 120 cm³/mol. The molecule has 0 unspecified atom stereocenters. The number of carbonyl (C=O) groups excluding carboxylic acids is 2. The van der Waals surface area contributed by atoms with E-state index in [1.807, 2.05) is 6.07 Å². The number of aromatic amines is 1. The smallest absolute Gasteiger partial charge is 0.310 e. The Morgan fingerprint density at radius 3 is 2.65 bits per heavy atom. The minimum atomic E-state index is -0.286. The average Bonchev–Trinajstić information content (AvgIpc) is 2.79. The number of rotatable bonds is 4. The van der Waals surface area contributed by atoms with E-state index in [-0.39, 0.29) is 28.1 Å². The topological polar surface area (TPSA) is 84.4 Å². The molecular formula is C23H23N3O4S. The first-order valence-electron chi connectivity index (χ1n) is 10.3. The normalized spacial score (nSPS) is 16.3. The molecule has 0 spiro atoms. The van der Waals surface area contributed by atoms with Gasteiger partial charge in [0.25, 0.3) is 11.5 Å². The van der Waals surface area contributed by atoms with E-state index < -0.39 is 0 Å². The summed E-state index contributed by atoms with van der Waals surface area (Å²) in [6, 6.07) is 14.0. The fraction of sp³-hybridized carbons (Fsp3) is 0.304. The summed E-state index contributed by atoms with van der Waals surface area (Å²) in [4.78, 5) is 42.7. The molecule has 1 amide bonds. The maximum absolute atomic E-state index is 13.0. The van der Waals surface area contributed by atoms with Crippen molar-refractivity contribution < 1.29 is 14.3 Å². The number of H-pyrrole nitrogens is 1. The van der Waals surface area contributed by atoms with Crippen LogP contribution < -0.4 is 5.56 Å². The van der Waals surface area contributed by atoms with Crippen LogP contribution in [0.4, 0.5) is 0 Å². The molecule has 2 aromatic carbocycles. The number of hydrogen-bond acceptors (Lipinski definition) is 5. The Hall–Kier alpha value is -3.26. The van der Waals surface area contributed by atoms with Crippen LogP contribution in [-0.4, -0.2) is 46.0 Å². The molecule has 0 aliphatic carbocycles. The zero-order valence-electron chi connectivity index (χ0n) is 17.2. The van der Waals surface area contributed by atoms with Crippen LogP contribution in [0.1, 0.15) is 30.1 Å². The average molecular weight is 438 g/mol. The molecular weight excluding hydrogens is 414 g/mol. The number of likely N-dealkylation sites (tertiary alicyclic amines) is 1. The minimum Gasteiger partial charge on any atom is -0.466 e. The first kappa shape index (κ1) is 21.0. The molecule has 1 fully saturated rings. The monoisotopic (exact) mass is 437 g/mol. The van der Waals surface area contributed by atoms with Crippen LogP contribution in [-0.2, 0) is 9.53 Å². The quantitative estimate of drug-likeness (QED) is 0.499. The van der Waals surface area contributed by atoms with Gasteiger partial charge in [0.2, 0.25) is 0 Å². The minimum absolute atomic E-state index is 0.142. The Balaban J connectivity index is 1.58. The molecule has 160 valence electrons.